The van der Waals surface area contributed by atoms with Crippen LogP contribution in [0.5, 0.6) is 0 Å². The summed E-state index contributed by atoms with van der Waals surface area (Å²) in [5.41, 5.74) is 6.51. The van der Waals surface area contributed by atoms with Crippen LogP contribution in [0.4, 0.5) is 0 Å². The molecule has 1 aliphatic heterocycles. The lowest BCUT2D eigenvalue weighted by molar-refractivity contribution is -0.135. The maximum atomic E-state index is 12.6. The highest BCUT2D eigenvalue weighted by Crippen LogP contribution is 2.22. The number of benzene rings is 1. The molecule has 0 saturated carbocycles. The zero-order chi connectivity index (χ0) is 17.1. The number of nitrogens with zero attached hydrogens (tertiary/aromatic N) is 3. The minimum Gasteiger partial charge on any atom is -0.338 e. The van der Waals surface area contributed by atoms with Crippen molar-refractivity contribution in [1.82, 2.24) is 14.7 Å². The van der Waals surface area contributed by atoms with E-state index in [4.69, 9.17) is 5.73 Å². The molecule has 24 heavy (non-hydrogen) atoms. The summed E-state index contributed by atoms with van der Waals surface area (Å²) in [6.45, 7) is 3.96. The monoisotopic (exact) mass is 328 g/mol. The number of likely N-dealkylation sites (tertiary alicyclic amines) is 1. The van der Waals surface area contributed by atoms with Gasteiger partial charge in [0.05, 0.1) is 18.3 Å². The van der Waals surface area contributed by atoms with Crippen LogP contribution >= 0.6 is 0 Å². The molecule has 2 atom stereocenters. The lowest BCUT2D eigenvalue weighted by Crippen LogP contribution is -2.49. The molecule has 1 fully saturated rings. The molecule has 0 spiro atoms. The number of aromatic nitrogens is 2. The highest BCUT2D eigenvalue weighted by molar-refractivity contribution is 5.79. The molecule has 1 amide bonds. The third-order valence-corrected chi connectivity index (χ3v) is 4.87. The molecule has 3 rings (SSSR count). The summed E-state index contributed by atoms with van der Waals surface area (Å²) in [6.07, 6.45) is 3.69. The molecule has 2 unspecified atom stereocenters. The number of aryl methyl sites for hydroxylation is 1. The first-order valence-corrected chi connectivity index (χ1v) is 8.54. The Morgan fingerprint density at radius 2 is 2.17 bits per heavy atom. The second-order valence-corrected chi connectivity index (χ2v) is 6.61. The number of hydrogen-bond donors (Lipinski definition) is 1. The molecule has 1 saturated heterocycles. The van der Waals surface area contributed by atoms with Crippen LogP contribution < -0.4 is 11.2 Å². The van der Waals surface area contributed by atoms with E-state index in [0.29, 0.717) is 30.8 Å². The number of rotatable bonds is 4. The summed E-state index contributed by atoms with van der Waals surface area (Å²) in [4.78, 5) is 26.4. The summed E-state index contributed by atoms with van der Waals surface area (Å²) in [6, 6.07) is 7.49. The average molecular weight is 328 g/mol. The predicted octanol–water partition coefficient (Wildman–Crippen LogP) is 1.37. The molecule has 0 bridgehead atoms. The molecule has 2 heterocycles. The topological polar surface area (TPSA) is 81.2 Å². The van der Waals surface area contributed by atoms with Crippen molar-refractivity contribution in [3.8, 4) is 0 Å². The quantitative estimate of drug-likeness (QED) is 0.919. The summed E-state index contributed by atoms with van der Waals surface area (Å²) in [7, 11) is 0. The van der Waals surface area contributed by atoms with E-state index >= 15 is 0 Å². The first-order chi connectivity index (χ1) is 11.6. The second kappa shape index (κ2) is 7.13. The van der Waals surface area contributed by atoms with E-state index < -0.39 is 0 Å². The van der Waals surface area contributed by atoms with Crippen LogP contribution in [0, 0.1) is 5.92 Å². The van der Waals surface area contributed by atoms with Crippen molar-refractivity contribution in [3.05, 3.63) is 40.7 Å². The summed E-state index contributed by atoms with van der Waals surface area (Å²) >= 11 is 0. The second-order valence-electron chi connectivity index (χ2n) is 6.61. The number of carbonyl (C=O) groups is 1. The highest BCUT2D eigenvalue weighted by Gasteiger charge is 2.28. The lowest BCUT2D eigenvalue weighted by atomic mass is 9.92. The number of amides is 1. The molecule has 6 nitrogen and oxygen atoms in total. The number of hydrogen-bond acceptors (Lipinski definition) is 4. The number of nitrogens with two attached hydrogens (primary N) is 1. The van der Waals surface area contributed by atoms with Crippen LogP contribution in [0.15, 0.2) is 35.3 Å². The van der Waals surface area contributed by atoms with Gasteiger partial charge in [-0.25, -0.2) is 0 Å². The maximum absolute atomic E-state index is 12.6. The van der Waals surface area contributed by atoms with Gasteiger partial charge in [-0.05, 0) is 30.9 Å². The summed E-state index contributed by atoms with van der Waals surface area (Å²) in [5, 5.41) is 4.81. The Bertz CT molecular complexity index is 786. The van der Waals surface area contributed by atoms with Crippen LogP contribution in [-0.4, -0.2) is 39.7 Å². The Hall–Kier alpha value is -2.21. The summed E-state index contributed by atoms with van der Waals surface area (Å²) in [5.74, 6) is 0.731. The van der Waals surface area contributed by atoms with E-state index in [9.17, 15) is 9.59 Å². The highest BCUT2D eigenvalue weighted by atomic mass is 16.2. The molecule has 0 aliphatic carbocycles. The van der Waals surface area contributed by atoms with Gasteiger partial charge in [0.15, 0.2) is 0 Å². The van der Waals surface area contributed by atoms with Crippen molar-refractivity contribution < 1.29 is 4.79 Å². The number of fused-ring (bicyclic) bond motifs is 1. The molecule has 128 valence electrons. The predicted molar refractivity (Wildman–Crippen MR) is 93.6 cm³/mol. The Kier molecular flexibility index (Phi) is 4.94. The molecule has 1 aliphatic rings. The first-order valence-electron chi connectivity index (χ1n) is 8.54. The molecular weight excluding hydrogens is 304 g/mol. The third kappa shape index (κ3) is 3.33. The third-order valence-electron chi connectivity index (χ3n) is 4.87. The number of para-hydroxylation sites is 1. The standard InChI is InChI=1S/C18H24N4O2/c1-13-6-8-21(14(10-13)11-19)18(24)7-9-22-16-5-3-2-4-15(16)17(23)12-20-22/h2-5,12-14H,6-11,19H2,1H3. The molecule has 2 aromatic rings. The molecule has 1 aromatic heterocycles. The summed E-state index contributed by atoms with van der Waals surface area (Å²) < 4.78 is 1.73. The average Bonchev–Trinajstić information content (AvgIpc) is 2.61. The van der Waals surface area contributed by atoms with E-state index in [2.05, 4.69) is 12.0 Å². The van der Waals surface area contributed by atoms with Crippen LogP contribution in [0.2, 0.25) is 0 Å². The van der Waals surface area contributed by atoms with Crippen LogP contribution in [0.3, 0.4) is 0 Å². The number of carbonyl (C=O) groups excluding carboxylic acids is 1. The normalized spacial score (nSPS) is 21.2. The van der Waals surface area contributed by atoms with Gasteiger partial charge >= 0.3 is 0 Å². The lowest BCUT2D eigenvalue weighted by Gasteiger charge is -2.38. The van der Waals surface area contributed by atoms with E-state index in [1.165, 1.54) is 6.20 Å². The van der Waals surface area contributed by atoms with Gasteiger partial charge in [-0.3, -0.25) is 14.3 Å². The van der Waals surface area contributed by atoms with Gasteiger partial charge in [-0.15, -0.1) is 0 Å². The Morgan fingerprint density at radius 1 is 1.38 bits per heavy atom. The Balaban J connectivity index is 1.73. The van der Waals surface area contributed by atoms with Crippen LogP contribution in [-0.2, 0) is 11.3 Å². The fourth-order valence-corrected chi connectivity index (χ4v) is 3.49. The van der Waals surface area contributed by atoms with Gasteiger partial charge in [0, 0.05) is 30.9 Å². The Morgan fingerprint density at radius 3 is 2.96 bits per heavy atom. The van der Waals surface area contributed by atoms with Gasteiger partial charge in [-0.2, -0.15) is 5.10 Å². The largest absolute Gasteiger partial charge is 0.338 e. The van der Waals surface area contributed by atoms with Crippen LogP contribution in [0.1, 0.15) is 26.2 Å². The zero-order valence-electron chi connectivity index (χ0n) is 14.0. The minimum atomic E-state index is -0.0959. The molecule has 2 N–H and O–H groups in total. The minimum absolute atomic E-state index is 0.0959. The van der Waals surface area contributed by atoms with Gasteiger partial charge in [0.2, 0.25) is 11.3 Å². The molecule has 0 radical (unpaired) electrons. The fraction of sp³-hybridized carbons (Fsp3) is 0.500. The van der Waals surface area contributed by atoms with Gasteiger partial charge < -0.3 is 10.6 Å². The van der Waals surface area contributed by atoms with Gasteiger partial charge in [0.25, 0.3) is 0 Å². The zero-order valence-corrected chi connectivity index (χ0v) is 14.0. The van der Waals surface area contributed by atoms with E-state index in [1.54, 1.807) is 10.7 Å². The van der Waals surface area contributed by atoms with E-state index in [0.717, 1.165) is 24.9 Å². The van der Waals surface area contributed by atoms with Gasteiger partial charge in [0.1, 0.15) is 0 Å². The van der Waals surface area contributed by atoms with Crippen molar-refractivity contribution in [2.45, 2.75) is 38.8 Å². The van der Waals surface area contributed by atoms with Crippen molar-refractivity contribution in [2.24, 2.45) is 11.7 Å². The van der Waals surface area contributed by atoms with E-state index in [1.807, 2.05) is 23.1 Å². The van der Waals surface area contributed by atoms with E-state index in [-0.39, 0.29) is 17.4 Å². The van der Waals surface area contributed by atoms with Crippen molar-refractivity contribution in [3.63, 3.8) is 0 Å². The fourth-order valence-electron chi connectivity index (χ4n) is 3.49. The SMILES string of the molecule is CC1CCN(C(=O)CCn2ncc(=O)c3ccccc32)C(CN)C1. The molecule has 1 aromatic carbocycles. The van der Waals surface area contributed by atoms with Crippen molar-refractivity contribution >= 4 is 16.8 Å². The molecule has 6 heteroatoms. The van der Waals surface area contributed by atoms with Gasteiger partial charge in [-0.1, -0.05) is 19.1 Å². The number of piperidine rings is 1. The maximum Gasteiger partial charge on any atom is 0.224 e. The smallest absolute Gasteiger partial charge is 0.224 e. The van der Waals surface area contributed by atoms with Crippen molar-refractivity contribution in [1.29, 1.82) is 0 Å². The Labute approximate surface area is 141 Å². The van der Waals surface area contributed by atoms with Crippen molar-refractivity contribution in [2.75, 3.05) is 13.1 Å². The first kappa shape index (κ1) is 16.6. The molecular formula is C18H24N4O2. The van der Waals surface area contributed by atoms with Crippen LogP contribution in [0.25, 0.3) is 10.9 Å².